The molecular weight excluding hydrogens is 1290 g/mol. The number of aromatic hydroxyl groups is 1. The highest BCUT2D eigenvalue weighted by molar-refractivity contribution is 7.80. The van der Waals surface area contributed by atoms with Gasteiger partial charge in [-0.1, -0.05) is 76.6 Å². The molecule has 1 fully saturated rings. The van der Waals surface area contributed by atoms with Gasteiger partial charge in [0.2, 0.25) is 70.9 Å². The van der Waals surface area contributed by atoms with Crippen LogP contribution in [0.3, 0.4) is 0 Å². The lowest BCUT2D eigenvalue weighted by molar-refractivity contribution is -0.145. The molecule has 0 unspecified atom stereocenters. The zero-order chi connectivity index (χ0) is 71.9. The molecule has 36 heteroatoms. The molecule has 1 aromatic heterocycles. The van der Waals surface area contributed by atoms with Crippen LogP contribution in [0, 0.1) is 11.8 Å². The molecule has 0 radical (unpaired) electrons. The highest BCUT2D eigenvalue weighted by Gasteiger charge is 2.41. The molecule has 1 aliphatic heterocycles. The number of carbonyl (C=O) groups excluding carboxylic acids is 12. The maximum absolute atomic E-state index is 14.8. The summed E-state index contributed by atoms with van der Waals surface area (Å²) in [6.45, 7) is 3.83. The Balaban J connectivity index is 1.52. The van der Waals surface area contributed by atoms with Crippen molar-refractivity contribution >= 4 is 101 Å². The van der Waals surface area contributed by atoms with Crippen LogP contribution in [0.4, 0.5) is 0 Å². The van der Waals surface area contributed by atoms with Crippen LogP contribution in [0.1, 0.15) is 83.0 Å². The number of amides is 12. The first kappa shape index (κ1) is 79.1. The summed E-state index contributed by atoms with van der Waals surface area (Å²) in [5.74, 6) is -15.3. The van der Waals surface area contributed by atoms with Crippen molar-refractivity contribution in [3.05, 3.63) is 83.9 Å². The average molecular weight is 1380 g/mol. The summed E-state index contributed by atoms with van der Waals surface area (Å²) in [5, 5.41) is 56.7. The number of carboxylic acids is 2. The minimum Gasteiger partial charge on any atom is -0.508 e. The molecule has 97 heavy (non-hydrogen) atoms. The van der Waals surface area contributed by atoms with Crippen molar-refractivity contribution in [3.63, 3.8) is 0 Å². The SMILES string of the molecule is CC[C@H](C)[C@H](NC(=O)[C@H](Cc1ccc(O)cc1)NC(=O)[C@@H](NC(=O)[C@H](CCCN=C(N)N)NC(=O)[C@H](CC(=O)O)NC(=O)CNC(=O)CNC(=O)CNC(=O)CNC(=O)[C@@H](N)CS)C(C)C)C(=O)N[C@@H](Cc1cnc[nH]1)C(=O)N1CCC[C@H]1C(=O)N[C@@H](Cc1ccccc1)C(=O)O. The fourth-order valence-corrected chi connectivity index (χ4v) is 9.93. The first-order chi connectivity index (χ1) is 46.0. The van der Waals surface area contributed by atoms with E-state index in [1.807, 2.05) is 0 Å². The number of aliphatic carboxylic acids is 2. The topological polar surface area (TPSA) is 554 Å². The van der Waals surface area contributed by atoms with Crippen LogP contribution in [0.25, 0.3) is 0 Å². The summed E-state index contributed by atoms with van der Waals surface area (Å²) in [7, 11) is 0. The molecule has 2 aromatic carbocycles. The van der Waals surface area contributed by atoms with Crippen molar-refractivity contribution in [1.29, 1.82) is 0 Å². The first-order valence-corrected chi connectivity index (χ1v) is 31.8. The number of nitrogens with one attached hydrogen (secondary N) is 12. The average Bonchev–Trinajstić information content (AvgIpc) is 1.78. The second-order valence-electron chi connectivity index (χ2n) is 23.2. The van der Waals surface area contributed by atoms with Gasteiger partial charge in [0.1, 0.15) is 54.1 Å². The Morgan fingerprint density at radius 1 is 0.639 bits per heavy atom. The van der Waals surface area contributed by atoms with Gasteiger partial charge >= 0.3 is 11.9 Å². The number of imidazole rings is 1. The Kier molecular flexibility index (Phi) is 32.7. The van der Waals surface area contributed by atoms with E-state index < -0.39 is 182 Å². The van der Waals surface area contributed by atoms with E-state index in [4.69, 9.17) is 17.2 Å². The molecule has 1 saturated heterocycles. The van der Waals surface area contributed by atoms with Crippen molar-refractivity contribution in [2.75, 3.05) is 45.0 Å². The molecule has 1 aliphatic rings. The summed E-state index contributed by atoms with van der Waals surface area (Å²) in [6, 6.07) is 1.57. The van der Waals surface area contributed by atoms with Crippen molar-refractivity contribution in [3.8, 4) is 5.75 Å². The molecule has 12 amide bonds. The number of nitrogens with zero attached hydrogens (tertiary/aromatic N) is 3. The number of likely N-dealkylation sites (tertiary alicyclic amines) is 1. The molecule has 0 bridgehead atoms. The quantitative estimate of drug-likeness (QED) is 0.0109. The molecule has 0 spiro atoms. The number of carboxylic acid groups (broad SMARTS) is 2. The molecule has 10 atom stereocenters. The molecule has 21 N–H and O–H groups in total. The Morgan fingerprint density at radius 3 is 1.75 bits per heavy atom. The predicted octanol–water partition coefficient (Wildman–Crippen LogP) is -5.44. The molecule has 0 aliphatic carbocycles. The summed E-state index contributed by atoms with van der Waals surface area (Å²) < 4.78 is 0. The second-order valence-corrected chi connectivity index (χ2v) is 23.6. The van der Waals surface area contributed by atoms with Crippen LogP contribution in [-0.2, 0) is 86.4 Å². The zero-order valence-electron chi connectivity index (χ0n) is 54.1. The number of aromatic nitrogens is 2. The molecule has 35 nitrogen and oxygen atoms in total. The van der Waals surface area contributed by atoms with Crippen molar-refractivity contribution < 1.29 is 82.4 Å². The van der Waals surface area contributed by atoms with E-state index in [9.17, 15) is 82.4 Å². The Morgan fingerprint density at radius 2 is 1.19 bits per heavy atom. The number of phenols is 1. The maximum Gasteiger partial charge on any atom is 0.326 e. The third-order valence-corrected chi connectivity index (χ3v) is 15.7. The molecular formula is C61H88N18O17S. The van der Waals surface area contributed by atoms with E-state index in [0.29, 0.717) is 23.2 Å². The monoisotopic (exact) mass is 1380 g/mol. The Labute approximate surface area is 563 Å². The summed E-state index contributed by atoms with van der Waals surface area (Å²) in [5.41, 5.74) is 18.0. The van der Waals surface area contributed by atoms with Crippen LogP contribution >= 0.6 is 12.6 Å². The van der Waals surface area contributed by atoms with E-state index in [-0.39, 0.29) is 75.5 Å². The number of thiol groups is 1. The number of aliphatic imine (C=N–C) groups is 1. The number of hydrogen-bond donors (Lipinski definition) is 19. The number of nitrogens with two attached hydrogens (primary N) is 3. The number of aromatic amines is 1. The summed E-state index contributed by atoms with van der Waals surface area (Å²) >= 11 is 3.89. The largest absolute Gasteiger partial charge is 0.508 e. The number of benzene rings is 2. The van der Waals surface area contributed by atoms with E-state index in [0.717, 1.165) is 0 Å². The van der Waals surface area contributed by atoms with Crippen LogP contribution in [0.15, 0.2) is 72.1 Å². The van der Waals surface area contributed by atoms with Gasteiger partial charge in [-0.2, -0.15) is 12.6 Å². The first-order valence-electron chi connectivity index (χ1n) is 31.2. The van der Waals surface area contributed by atoms with Gasteiger partial charge in [0, 0.05) is 50.0 Å². The molecule has 2 heterocycles. The maximum atomic E-state index is 14.8. The van der Waals surface area contributed by atoms with Crippen LogP contribution in [0.5, 0.6) is 5.75 Å². The number of phenolic OH excluding ortho intramolecular Hbond substituents is 1. The van der Waals surface area contributed by atoms with Crippen LogP contribution in [-0.4, -0.2) is 218 Å². The van der Waals surface area contributed by atoms with Gasteiger partial charge in [0.05, 0.1) is 45.0 Å². The van der Waals surface area contributed by atoms with Crippen molar-refractivity contribution in [2.45, 2.75) is 140 Å². The summed E-state index contributed by atoms with van der Waals surface area (Å²) in [6.07, 6.45) is 1.88. The third-order valence-electron chi connectivity index (χ3n) is 15.3. The fourth-order valence-electron chi connectivity index (χ4n) is 9.76. The lowest BCUT2D eigenvalue weighted by Gasteiger charge is -2.32. The van der Waals surface area contributed by atoms with Gasteiger partial charge in [-0.05, 0) is 60.8 Å². The predicted molar refractivity (Wildman–Crippen MR) is 350 cm³/mol. The number of guanidine groups is 1. The molecule has 0 saturated carbocycles. The number of carbonyl (C=O) groups is 14. The van der Waals surface area contributed by atoms with Gasteiger partial charge in [0.15, 0.2) is 5.96 Å². The van der Waals surface area contributed by atoms with E-state index in [1.165, 1.54) is 41.7 Å². The smallest absolute Gasteiger partial charge is 0.326 e. The van der Waals surface area contributed by atoms with E-state index >= 15 is 0 Å². The van der Waals surface area contributed by atoms with E-state index in [1.54, 1.807) is 58.0 Å². The van der Waals surface area contributed by atoms with Gasteiger partial charge in [-0.25, -0.2) is 9.78 Å². The number of hydrogen-bond acceptors (Lipinski definition) is 19. The van der Waals surface area contributed by atoms with Crippen LogP contribution < -0.4 is 75.7 Å². The lowest BCUT2D eigenvalue weighted by atomic mass is 9.96. The van der Waals surface area contributed by atoms with E-state index in [2.05, 4.69) is 86.1 Å². The number of rotatable bonds is 40. The Hall–Kier alpha value is -10.4. The summed E-state index contributed by atoms with van der Waals surface area (Å²) in [4.78, 5) is 199. The molecule has 4 rings (SSSR count). The highest BCUT2D eigenvalue weighted by Crippen LogP contribution is 2.22. The standard InChI is InChI=1S/C61H88N18O17S/c1-5-33(4)51(58(93)75-42(23-36-25-65-31-71-36)59(94)79-20-10-14-44(79)56(91)76-43(60(95)96)22-34-11-7-6-8-12-34)78-55(90)40(21-35-15-17-37(80)18-16-35)74-57(92)50(32(2)3)77-53(88)39(13-9-19-66-61(63)64)73-54(89)41(24-49(85)86)72-48(84)29-69-46(82)27-67-45(81)26-68-47(83)28-70-52(87)38(62)30-97/h6-8,11-12,15-18,25,31-33,38-44,50-51,80,97H,5,9-10,13-14,19-24,26-30,62H2,1-4H3,(H,65,71)(H,67,81)(H,68,83)(H,69,82)(H,70,87)(H,72,84)(H,73,89)(H,74,92)(H,75,93)(H,76,91)(H,77,88)(H,78,90)(H,85,86)(H,95,96)(H4,63,64,66)/t33-,38-,39-,40-,41-,42-,43-,44-,50-,51-/m0/s1. The van der Waals surface area contributed by atoms with Crippen molar-refractivity contribution in [1.82, 2.24) is 73.4 Å². The van der Waals surface area contributed by atoms with Crippen molar-refractivity contribution in [2.24, 2.45) is 34.0 Å². The Bertz CT molecular complexity index is 3250. The minimum atomic E-state index is -1.88. The van der Waals surface area contributed by atoms with Gasteiger partial charge in [0.25, 0.3) is 0 Å². The highest BCUT2D eigenvalue weighted by atomic mass is 32.1. The second kappa shape index (κ2) is 40.1. The lowest BCUT2D eigenvalue weighted by Crippen LogP contribution is -2.62. The zero-order valence-corrected chi connectivity index (χ0v) is 55.0. The molecule has 3 aromatic rings. The minimum absolute atomic E-state index is 0.00216. The van der Waals surface area contributed by atoms with Gasteiger partial charge < -0.3 is 101 Å². The fraction of sp³-hybridized carbons (Fsp3) is 0.508. The number of H-pyrrole nitrogens is 1. The van der Waals surface area contributed by atoms with Gasteiger partial charge in [-0.3, -0.25) is 67.3 Å². The third kappa shape index (κ3) is 27.5. The normalized spacial score (nSPS) is 15.3. The van der Waals surface area contributed by atoms with Crippen LogP contribution in [0.2, 0.25) is 0 Å². The van der Waals surface area contributed by atoms with Gasteiger partial charge in [-0.15, -0.1) is 0 Å². The molecule has 530 valence electrons.